The third-order valence-electron chi connectivity index (χ3n) is 16.0. The molecule has 2 atom stereocenters. The van der Waals surface area contributed by atoms with E-state index in [4.69, 9.17) is 0 Å². The number of benzene rings is 6. The summed E-state index contributed by atoms with van der Waals surface area (Å²) in [5.74, 6) is 0.350. The molecule has 6 aromatic carbocycles. The zero-order valence-corrected chi connectivity index (χ0v) is 45.5. The van der Waals surface area contributed by atoms with Gasteiger partial charge in [0, 0.05) is 0 Å². The average Bonchev–Trinajstić information content (AvgIpc) is 4.08. The van der Waals surface area contributed by atoms with E-state index in [1.54, 1.807) is 22.3 Å². The van der Waals surface area contributed by atoms with Crippen molar-refractivity contribution in [2.75, 3.05) is 0 Å². The predicted molar refractivity (Wildman–Crippen MR) is 286 cm³/mol. The summed E-state index contributed by atoms with van der Waals surface area (Å²) >= 11 is -2.68. The minimum atomic E-state index is -2.68. The van der Waals surface area contributed by atoms with Crippen LogP contribution in [-0.4, -0.2) is 5.92 Å². The summed E-state index contributed by atoms with van der Waals surface area (Å²) in [4.78, 5) is 0. The molecule has 2 saturated carbocycles. The van der Waals surface area contributed by atoms with Gasteiger partial charge in [-0.25, -0.2) is 0 Å². The molecule has 0 aliphatic heterocycles. The predicted octanol–water partition coefficient (Wildman–Crippen LogP) is 18.2. The second-order valence-corrected chi connectivity index (χ2v) is 42.2. The maximum absolute atomic E-state index is 2.84. The molecule has 0 bridgehead atoms. The number of fused-ring (bicyclic) bond motifs is 2. The summed E-state index contributed by atoms with van der Waals surface area (Å²) in [5.41, 5.74) is 32.6. The first kappa shape index (κ1) is 45.7. The van der Waals surface area contributed by atoms with E-state index in [2.05, 4.69) is 178 Å². The van der Waals surface area contributed by atoms with Crippen molar-refractivity contribution in [1.82, 2.24) is 0 Å². The van der Waals surface area contributed by atoms with Crippen LogP contribution in [0.1, 0.15) is 138 Å². The Labute approximate surface area is 407 Å². The van der Waals surface area contributed by atoms with Gasteiger partial charge < -0.3 is 0 Å². The molecular weight excluding hydrogens is 888 g/mol. The first-order valence-corrected chi connectivity index (χ1v) is 35.7. The molecule has 337 valence electrons. The molecular formula is C64H73SiZr. The van der Waals surface area contributed by atoms with Crippen LogP contribution in [0.25, 0.3) is 56.7 Å². The molecule has 10 rings (SSSR count). The van der Waals surface area contributed by atoms with Crippen molar-refractivity contribution in [2.24, 2.45) is 11.8 Å². The monoisotopic (exact) mass is 959 g/mol. The molecule has 0 saturated heterocycles. The van der Waals surface area contributed by atoms with Gasteiger partial charge in [-0.2, -0.15) is 0 Å². The fourth-order valence-electron chi connectivity index (χ4n) is 13.7. The first-order valence-electron chi connectivity index (χ1n) is 25.7. The SMILES string of the molecule is Cc1cc(C)cc(-c2ccc(-c3cc(C)cc(C)c3)c3c2C=C(CC2CCCC2)[CH]3[Zr]([CH]2C(CC3CCCC3)=Cc3c(-c4cc(C)cc(C)c4)ccc(-c4cc(C)cc(C)c4)c32)[SiH](C)C)c1. The second-order valence-electron chi connectivity index (χ2n) is 22.2. The van der Waals surface area contributed by atoms with Crippen molar-refractivity contribution in [3.8, 4) is 44.5 Å². The molecule has 0 aromatic heterocycles. The van der Waals surface area contributed by atoms with Gasteiger partial charge in [-0.3, -0.25) is 0 Å². The summed E-state index contributed by atoms with van der Waals surface area (Å²) < 4.78 is 1.10. The molecule has 0 amide bonds. The fourth-order valence-corrected chi connectivity index (χ4v) is 36.4. The molecule has 4 aliphatic rings. The summed E-state index contributed by atoms with van der Waals surface area (Å²) in [7, 11) is 0. The summed E-state index contributed by atoms with van der Waals surface area (Å²) in [6.07, 6.45) is 19.4. The van der Waals surface area contributed by atoms with Crippen LogP contribution in [0.15, 0.2) is 108 Å². The molecule has 66 heavy (non-hydrogen) atoms. The molecule has 0 radical (unpaired) electrons. The van der Waals surface area contributed by atoms with E-state index < -0.39 is 26.8 Å². The third-order valence-corrected chi connectivity index (χ3v) is 37.6. The Morgan fingerprint density at radius 1 is 0.394 bits per heavy atom. The van der Waals surface area contributed by atoms with Crippen molar-refractivity contribution in [1.29, 1.82) is 0 Å². The summed E-state index contributed by atoms with van der Waals surface area (Å²) in [6, 6.07) is 39.5. The average molecular weight is 962 g/mol. The van der Waals surface area contributed by atoms with E-state index in [1.165, 1.54) is 153 Å². The first-order chi connectivity index (χ1) is 31.8. The number of allylic oxidation sites excluding steroid dienone is 2. The van der Waals surface area contributed by atoms with Gasteiger partial charge in [-0.15, -0.1) is 0 Å². The Bertz CT molecular complexity index is 2630. The topological polar surface area (TPSA) is 0 Å². The van der Waals surface area contributed by atoms with Crippen molar-refractivity contribution in [3.05, 3.63) is 175 Å². The molecule has 2 unspecified atom stereocenters. The van der Waals surface area contributed by atoms with E-state index in [0.29, 0.717) is 7.25 Å². The molecule has 0 heterocycles. The summed E-state index contributed by atoms with van der Waals surface area (Å²) in [5, 5.41) is 0. The van der Waals surface area contributed by atoms with Crippen molar-refractivity contribution in [2.45, 2.75) is 140 Å². The van der Waals surface area contributed by atoms with E-state index in [1.807, 2.05) is 11.1 Å². The molecule has 2 fully saturated rings. The van der Waals surface area contributed by atoms with Crippen LogP contribution < -0.4 is 0 Å². The Kier molecular flexibility index (Phi) is 13.0. The van der Waals surface area contributed by atoms with Crippen LogP contribution in [0.2, 0.25) is 13.1 Å². The minimum absolute atomic E-state index is 0.552. The van der Waals surface area contributed by atoms with Crippen LogP contribution >= 0.6 is 0 Å². The van der Waals surface area contributed by atoms with E-state index >= 15 is 0 Å². The van der Waals surface area contributed by atoms with Crippen molar-refractivity contribution in [3.63, 3.8) is 0 Å². The standard InChI is InChI=1S/2C31H33.C2H7Si.Zr/c2*1-20-11-21(2)14-26(13-20)28-9-10-29(27-15-22(3)12-23(4)16-27)31-19-25(18-30(28)31)17-24-7-5-6-8-24;1-3-2;/h2*9-16,18-19,24H,5-8,17H2,1-4H3;3H,1-2H3;. The van der Waals surface area contributed by atoms with Crippen LogP contribution in [0.5, 0.6) is 0 Å². The third kappa shape index (κ3) is 9.01. The van der Waals surface area contributed by atoms with Crippen LogP contribution in [0, 0.1) is 67.2 Å². The van der Waals surface area contributed by atoms with Gasteiger partial charge in [0.15, 0.2) is 0 Å². The second kappa shape index (κ2) is 18.8. The molecule has 4 aliphatic carbocycles. The fraction of sp³-hybridized carbons (Fsp3) is 0.375. The Balaban J connectivity index is 1.28. The summed E-state index contributed by atoms with van der Waals surface area (Å²) in [6.45, 7) is 24.0. The van der Waals surface area contributed by atoms with Gasteiger partial charge in [-0.1, -0.05) is 0 Å². The van der Waals surface area contributed by atoms with Crippen molar-refractivity contribution < 1.29 is 20.9 Å². The Morgan fingerprint density at radius 3 is 0.955 bits per heavy atom. The molecule has 6 aromatic rings. The van der Waals surface area contributed by atoms with E-state index in [0.717, 1.165) is 11.8 Å². The van der Waals surface area contributed by atoms with E-state index in [9.17, 15) is 0 Å². The number of hydrogen-bond donors (Lipinski definition) is 0. The molecule has 2 heteroatoms. The van der Waals surface area contributed by atoms with Crippen LogP contribution in [0.3, 0.4) is 0 Å². The Morgan fingerprint density at radius 2 is 0.667 bits per heavy atom. The Hall–Kier alpha value is -4.10. The normalized spacial score (nSPS) is 18.3. The maximum atomic E-state index is 2.84. The van der Waals surface area contributed by atoms with Gasteiger partial charge in [0.25, 0.3) is 0 Å². The molecule has 0 nitrogen and oxygen atoms in total. The zero-order valence-electron chi connectivity index (χ0n) is 41.9. The number of rotatable bonds is 11. The van der Waals surface area contributed by atoms with Crippen LogP contribution in [-0.2, 0) is 20.9 Å². The van der Waals surface area contributed by atoms with E-state index in [-0.39, 0.29) is 0 Å². The van der Waals surface area contributed by atoms with Gasteiger partial charge >= 0.3 is 410 Å². The quantitative estimate of drug-likeness (QED) is 0.114. The van der Waals surface area contributed by atoms with Gasteiger partial charge in [0.05, 0.1) is 0 Å². The molecule has 0 spiro atoms. The van der Waals surface area contributed by atoms with Crippen LogP contribution in [0.4, 0.5) is 0 Å². The number of aryl methyl sites for hydroxylation is 8. The van der Waals surface area contributed by atoms with Gasteiger partial charge in [0.1, 0.15) is 0 Å². The van der Waals surface area contributed by atoms with Crippen molar-refractivity contribution >= 4 is 18.1 Å². The van der Waals surface area contributed by atoms with Gasteiger partial charge in [0.2, 0.25) is 0 Å². The van der Waals surface area contributed by atoms with Gasteiger partial charge in [-0.05, 0) is 0 Å². The number of hydrogen-bond acceptors (Lipinski definition) is 0. The molecule has 0 N–H and O–H groups in total. The zero-order chi connectivity index (χ0) is 46.0.